The number of ether oxygens (including phenoxy) is 1. The van der Waals surface area contributed by atoms with Crippen molar-refractivity contribution in [1.29, 1.82) is 0 Å². The molecule has 0 amide bonds. The fraction of sp³-hybridized carbons (Fsp3) is 0.500. The van der Waals surface area contributed by atoms with Gasteiger partial charge in [-0.15, -0.1) is 0 Å². The zero-order valence-electron chi connectivity index (χ0n) is 11.5. The maximum absolute atomic E-state index is 5.63. The van der Waals surface area contributed by atoms with Gasteiger partial charge in [-0.2, -0.15) is 0 Å². The van der Waals surface area contributed by atoms with Gasteiger partial charge < -0.3 is 15.4 Å². The van der Waals surface area contributed by atoms with Crippen LogP contribution >= 0.6 is 12.2 Å². The number of hydrogen-bond acceptors (Lipinski definition) is 2. The molecule has 0 spiro atoms. The Bertz CT molecular complexity index is 393. The molecule has 0 bridgehead atoms. The molecule has 3 nitrogen and oxygen atoms in total. The summed E-state index contributed by atoms with van der Waals surface area (Å²) in [4.78, 5) is 0. The molecular weight excluding hydrogens is 244 g/mol. The molecule has 0 radical (unpaired) electrons. The van der Waals surface area contributed by atoms with Crippen molar-refractivity contribution in [2.75, 3.05) is 5.32 Å². The molecule has 0 fully saturated rings. The van der Waals surface area contributed by atoms with Crippen LogP contribution in [0.3, 0.4) is 0 Å². The summed E-state index contributed by atoms with van der Waals surface area (Å²) in [6, 6.07) is 8.19. The highest BCUT2D eigenvalue weighted by Gasteiger charge is 2.03. The van der Waals surface area contributed by atoms with Crippen LogP contribution in [0, 0.1) is 0 Å². The van der Waals surface area contributed by atoms with E-state index in [1.807, 2.05) is 38.1 Å². The van der Waals surface area contributed by atoms with Crippen molar-refractivity contribution in [1.82, 2.24) is 5.32 Å². The van der Waals surface area contributed by atoms with Gasteiger partial charge in [0.15, 0.2) is 5.11 Å². The van der Waals surface area contributed by atoms with Crippen LogP contribution in [0.15, 0.2) is 24.3 Å². The smallest absolute Gasteiger partial charge is 0.170 e. The molecule has 0 aliphatic rings. The maximum Gasteiger partial charge on any atom is 0.170 e. The Labute approximate surface area is 115 Å². The van der Waals surface area contributed by atoms with E-state index in [0.29, 0.717) is 11.2 Å². The minimum absolute atomic E-state index is 0.172. The predicted octanol–water partition coefficient (Wildman–Crippen LogP) is 3.56. The number of thiocarbonyl (C=S) groups is 1. The summed E-state index contributed by atoms with van der Waals surface area (Å²) in [5.41, 5.74) is 0.939. The Morgan fingerprint density at radius 2 is 2.06 bits per heavy atom. The Balaban J connectivity index is 2.59. The number of anilines is 1. The molecule has 100 valence electrons. The summed E-state index contributed by atoms with van der Waals surface area (Å²) in [5.74, 6) is 0.848. The molecule has 0 heterocycles. The van der Waals surface area contributed by atoms with E-state index >= 15 is 0 Å². The number of rotatable bonds is 5. The molecule has 0 saturated heterocycles. The monoisotopic (exact) mass is 266 g/mol. The fourth-order valence-corrected chi connectivity index (χ4v) is 1.73. The molecule has 0 unspecified atom stereocenters. The van der Waals surface area contributed by atoms with Crippen LogP contribution in [0.5, 0.6) is 5.75 Å². The SMILES string of the molecule is CC[C@@H](C)NC(=S)Nc1cccc(OC(C)C)c1. The molecule has 18 heavy (non-hydrogen) atoms. The summed E-state index contributed by atoms with van der Waals surface area (Å²) >= 11 is 5.25. The van der Waals surface area contributed by atoms with Gasteiger partial charge in [0.05, 0.1) is 6.10 Å². The van der Waals surface area contributed by atoms with Gasteiger partial charge >= 0.3 is 0 Å². The highest BCUT2D eigenvalue weighted by Crippen LogP contribution is 2.18. The van der Waals surface area contributed by atoms with Crippen molar-refractivity contribution >= 4 is 23.0 Å². The third-order valence-electron chi connectivity index (χ3n) is 2.45. The highest BCUT2D eigenvalue weighted by molar-refractivity contribution is 7.80. The summed E-state index contributed by atoms with van der Waals surface area (Å²) in [5, 5.41) is 7.02. The van der Waals surface area contributed by atoms with Crippen LogP contribution in [-0.2, 0) is 0 Å². The van der Waals surface area contributed by atoms with Gasteiger partial charge in [-0.3, -0.25) is 0 Å². The number of nitrogens with one attached hydrogen (secondary N) is 2. The Kier molecular flexibility index (Phi) is 5.92. The lowest BCUT2D eigenvalue weighted by Gasteiger charge is -2.16. The molecule has 2 N–H and O–H groups in total. The van der Waals surface area contributed by atoms with E-state index in [-0.39, 0.29) is 6.10 Å². The standard InChI is InChI=1S/C14H22N2OS/c1-5-11(4)15-14(18)16-12-7-6-8-13(9-12)17-10(2)3/h6-11H,5H2,1-4H3,(H2,15,16,18)/t11-/m1/s1. The molecule has 0 aliphatic heterocycles. The average molecular weight is 266 g/mol. The van der Waals surface area contributed by atoms with Crippen LogP contribution in [0.25, 0.3) is 0 Å². The summed E-state index contributed by atoms with van der Waals surface area (Å²) in [7, 11) is 0. The Morgan fingerprint density at radius 1 is 1.33 bits per heavy atom. The molecule has 4 heteroatoms. The topological polar surface area (TPSA) is 33.3 Å². The van der Waals surface area contributed by atoms with Crippen molar-refractivity contribution in [3.8, 4) is 5.75 Å². The molecule has 1 atom stereocenters. The van der Waals surface area contributed by atoms with Crippen molar-refractivity contribution in [2.45, 2.75) is 46.3 Å². The molecule has 1 aromatic carbocycles. The Hall–Kier alpha value is -1.29. The first-order valence-electron chi connectivity index (χ1n) is 6.35. The largest absolute Gasteiger partial charge is 0.491 e. The van der Waals surface area contributed by atoms with Crippen LogP contribution < -0.4 is 15.4 Å². The minimum atomic E-state index is 0.172. The quantitative estimate of drug-likeness (QED) is 0.798. The second kappa shape index (κ2) is 7.21. The fourth-order valence-electron chi connectivity index (χ4n) is 1.41. The molecule has 0 aromatic heterocycles. The van der Waals surface area contributed by atoms with Gasteiger partial charge in [0.2, 0.25) is 0 Å². The Morgan fingerprint density at radius 3 is 2.67 bits per heavy atom. The minimum Gasteiger partial charge on any atom is -0.491 e. The predicted molar refractivity (Wildman–Crippen MR) is 81.3 cm³/mol. The normalized spacial score (nSPS) is 12.1. The molecular formula is C14H22N2OS. The van der Waals surface area contributed by atoms with Gasteiger partial charge in [-0.25, -0.2) is 0 Å². The second-order valence-electron chi connectivity index (χ2n) is 4.60. The van der Waals surface area contributed by atoms with E-state index in [1.54, 1.807) is 0 Å². The lowest BCUT2D eigenvalue weighted by molar-refractivity contribution is 0.242. The molecule has 0 saturated carbocycles. The van der Waals surface area contributed by atoms with Crippen LogP contribution in [0.2, 0.25) is 0 Å². The lowest BCUT2D eigenvalue weighted by atomic mass is 10.2. The molecule has 1 rings (SSSR count). The van der Waals surface area contributed by atoms with E-state index in [9.17, 15) is 0 Å². The first-order valence-corrected chi connectivity index (χ1v) is 6.76. The van der Waals surface area contributed by atoms with Crippen LogP contribution in [-0.4, -0.2) is 17.3 Å². The van der Waals surface area contributed by atoms with E-state index < -0.39 is 0 Å². The van der Waals surface area contributed by atoms with E-state index in [0.717, 1.165) is 17.9 Å². The first-order chi connectivity index (χ1) is 8.51. The van der Waals surface area contributed by atoms with E-state index in [4.69, 9.17) is 17.0 Å². The zero-order valence-corrected chi connectivity index (χ0v) is 12.3. The second-order valence-corrected chi connectivity index (χ2v) is 5.01. The van der Waals surface area contributed by atoms with Crippen molar-refractivity contribution in [2.24, 2.45) is 0 Å². The lowest BCUT2D eigenvalue weighted by Crippen LogP contribution is -2.35. The van der Waals surface area contributed by atoms with Crippen LogP contribution in [0.1, 0.15) is 34.1 Å². The van der Waals surface area contributed by atoms with Crippen LogP contribution in [0.4, 0.5) is 5.69 Å². The van der Waals surface area contributed by atoms with E-state index in [1.165, 1.54) is 0 Å². The summed E-state index contributed by atoms with van der Waals surface area (Å²) < 4.78 is 5.63. The van der Waals surface area contributed by atoms with Crippen molar-refractivity contribution < 1.29 is 4.74 Å². The third-order valence-corrected chi connectivity index (χ3v) is 2.67. The number of hydrogen-bond donors (Lipinski definition) is 2. The highest BCUT2D eigenvalue weighted by atomic mass is 32.1. The summed E-state index contributed by atoms with van der Waals surface area (Å²) in [6.45, 7) is 8.24. The van der Waals surface area contributed by atoms with Gasteiger partial charge in [-0.1, -0.05) is 13.0 Å². The van der Waals surface area contributed by atoms with Gasteiger partial charge in [0.1, 0.15) is 5.75 Å². The van der Waals surface area contributed by atoms with Gasteiger partial charge in [0, 0.05) is 17.8 Å². The zero-order chi connectivity index (χ0) is 13.5. The average Bonchev–Trinajstić information content (AvgIpc) is 2.28. The third kappa shape index (κ3) is 5.36. The number of benzene rings is 1. The molecule has 0 aliphatic carbocycles. The summed E-state index contributed by atoms with van der Waals surface area (Å²) in [6.07, 6.45) is 1.21. The van der Waals surface area contributed by atoms with Crippen molar-refractivity contribution in [3.63, 3.8) is 0 Å². The van der Waals surface area contributed by atoms with Crippen molar-refractivity contribution in [3.05, 3.63) is 24.3 Å². The first kappa shape index (κ1) is 14.8. The van der Waals surface area contributed by atoms with E-state index in [2.05, 4.69) is 24.5 Å². The maximum atomic E-state index is 5.63. The van der Waals surface area contributed by atoms with Gasteiger partial charge in [0.25, 0.3) is 0 Å². The van der Waals surface area contributed by atoms with Gasteiger partial charge in [-0.05, 0) is 51.5 Å². The molecule has 1 aromatic rings.